The number of carbonyl (C=O) groups is 2. The van der Waals surface area contributed by atoms with Crippen molar-refractivity contribution in [2.75, 3.05) is 7.11 Å². The van der Waals surface area contributed by atoms with E-state index in [9.17, 15) is 9.59 Å². The summed E-state index contributed by atoms with van der Waals surface area (Å²) < 4.78 is 4.81. The molecule has 0 radical (unpaired) electrons. The van der Waals surface area contributed by atoms with Crippen molar-refractivity contribution in [1.82, 2.24) is 0 Å². The number of Topliss-reactive ketones (excluding diaryl/α,β-unsaturated/α-hetero) is 1. The molecule has 0 amide bonds. The summed E-state index contributed by atoms with van der Waals surface area (Å²) in [6.07, 6.45) is 7.72. The number of esters is 1. The highest BCUT2D eigenvalue weighted by molar-refractivity contribution is 5.82. The van der Waals surface area contributed by atoms with E-state index in [2.05, 4.69) is 6.92 Å². The van der Waals surface area contributed by atoms with Crippen molar-refractivity contribution >= 4 is 11.8 Å². The molecule has 0 heterocycles. The molecule has 1 aliphatic rings. The first-order valence-corrected chi connectivity index (χ1v) is 5.93. The molecule has 1 fully saturated rings. The lowest BCUT2D eigenvalue weighted by Gasteiger charge is -2.18. The van der Waals surface area contributed by atoms with Crippen molar-refractivity contribution in [2.45, 2.75) is 39.0 Å². The van der Waals surface area contributed by atoms with Gasteiger partial charge in [-0.1, -0.05) is 19.1 Å². The molecule has 0 aromatic carbocycles. The molecule has 90 valence electrons. The van der Waals surface area contributed by atoms with Gasteiger partial charge in [0, 0.05) is 12.8 Å². The summed E-state index contributed by atoms with van der Waals surface area (Å²) in [5.41, 5.74) is 0. The molecule has 3 nitrogen and oxygen atoms in total. The van der Waals surface area contributed by atoms with E-state index >= 15 is 0 Å². The van der Waals surface area contributed by atoms with Crippen molar-refractivity contribution in [3.8, 4) is 0 Å². The summed E-state index contributed by atoms with van der Waals surface area (Å²) in [7, 11) is 1.41. The van der Waals surface area contributed by atoms with E-state index in [4.69, 9.17) is 4.74 Å². The predicted octanol–water partition coefficient (Wildman–Crippen LogP) is 2.50. The number of ketones is 1. The van der Waals surface area contributed by atoms with Gasteiger partial charge in [0.25, 0.3) is 0 Å². The van der Waals surface area contributed by atoms with Crippen LogP contribution in [0.4, 0.5) is 0 Å². The van der Waals surface area contributed by atoms with Crippen LogP contribution in [0.5, 0.6) is 0 Å². The van der Waals surface area contributed by atoms with E-state index in [1.807, 2.05) is 12.2 Å². The standard InChI is InChI=1S/C13H20O3/c1-3-4-5-6-12(13(15)16-2)10-7-8-11(14)9-10/h4-5,10,12H,3,6-9H2,1-2H3/b5-4-/t10-,12-/m1/s1. The highest BCUT2D eigenvalue weighted by atomic mass is 16.5. The zero-order chi connectivity index (χ0) is 12.0. The maximum atomic E-state index is 11.6. The second kappa shape index (κ2) is 6.46. The highest BCUT2D eigenvalue weighted by Crippen LogP contribution is 2.32. The Morgan fingerprint density at radius 3 is 2.81 bits per heavy atom. The Labute approximate surface area is 96.9 Å². The van der Waals surface area contributed by atoms with Crippen molar-refractivity contribution in [3.05, 3.63) is 12.2 Å². The van der Waals surface area contributed by atoms with Gasteiger partial charge in [0.2, 0.25) is 0 Å². The molecule has 0 aromatic rings. The lowest BCUT2D eigenvalue weighted by molar-refractivity contribution is -0.147. The van der Waals surface area contributed by atoms with Crippen molar-refractivity contribution < 1.29 is 14.3 Å². The van der Waals surface area contributed by atoms with Crippen LogP contribution in [0.1, 0.15) is 39.0 Å². The number of hydrogen-bond acceptors (Lipinski definition) is 3. The predicted molar refractivity (Wildman–Crippen MR) is 61.9 cm³/mol. The fraction of sp³-hybridized carbons (Fsp3) is 0.692. The summed E-state index contributed by atoms with van der Waals surface area (Å²) in [6.45, 7) is 2.06. The van der Waals surface area contributed by atoms with Gasteiger partial charge in [-0.2, -0.15) is 0 Å². The molecule has 0 N–H and O–H groups in total. The molecule has 0 unspecified atom stereocenters. The van der Waals surface area contributed by atoms with Crippen LogP contribution in [0, 0.1) is 11.8 Å². The third kappa shape index (κ3) is 3.47. The second-order valence-corrected chi connectivity index (χ2v) is 4.29. The zero-order valence-corrected chi connectivity index (χ0v) is 10.1. The van der Waals surface area contributed by atoms with E-state index < -0.39 is 0 Å². The number of rotatable bonds is 5. The lowest BCUT2D eigenvalue weighted by Crippen LogP contribution is -2.23. The van der Waals surface area contributed by atoms with Gasteiger partial charge in [0.1, 0.15) is 5.78 Å². The Kier molecular flexibility index (Phi) is 5.23. The fourth-order valence-electron chi connectivity index (χ4n) is 2.23. The third-order valence-corrected chi connectivity index (χ3v) is 3.15. The summed E-state index contributed by atoms with van der Waals surface area (Å²) >= 11 is 0. The molecule has 3 heteroatoms. The van der Waals surface area contributed by atoms with E-state index in [1.54, 1.807) is 0 Å². The largest absolute Gasteiger partial charge is 0.469 e. The van der Waals surface area contributed by atoms with Gasteiger partial charge < -0.3 is 4.74 Å². The number of allylic oxidation sites excluding steroid dienone is 2. The van der Waals surface area contributed by atoms with E-state index in [0.29, 0.717) is 19.3 Å². The summed E-state index contributed by atoms with van der Waals surface area (Å²) in [6, 6.07) is 0. The number of methoxy groups -OCH3 is 1. The molecular formula is C13H20O3. The van der Waals surface area contributed by atoms with Crippen LogP contribution >= 0.6 is 0 Å². The molecule has 1 rings (SSSR count). The molecule has 0 bridgehead atoms. The fourth-order valence-corrected chi connectivity index (χ4v) is 2.23. The molecule has 0 spiro atoms. The van der Waals surface area contributed by atoms with Gasteiger partial charge in [-0.05, 0) is 25.2 Å². The minimum atomic E-state index is -0.180. The highest BCUT2D eigenvalue weighted by Gasteiger charge is 2.33. The SMILES string of the molecule is CC/C=C\C[C@@H](C(=O)OC)[C@@H]1CCC(=O)C1. The van der Waals surface area contributed by atoms with Crippen LogP contribution in [0.25, 0.3) is 0 Å². The van der Waals surface area contributed by atoms with Crippen LogP contribution < -0.4 is 0 Å². The van der Waals surface area contributed by atoms with Crippen molar-refractivity contribution in [1.29, 1.82) is 0 Å². The summed E-state index contributed by atoms with van der Waals surface area (Å²) in [4.78, 5) is 22.9. The average Bonchev–Trinajstić information content (AvgIpc) is 2.70. The van der Waals surface area contributed by atoms with Gasteiger partial charge in [-0.25, -0.2) is 0 Å². The minimum absolute atomic E-state index is 0.140. The third-order valence-electron chi connectivity index (χ3n) is 3.15. The minimum Gasteiger partial charge on any atom is -0.469 e. The molecule has 1 saturated carbocycles. The normalized spacial score (nSPS) is 22.6. The van der Waals surface area contributed by atoms with Gasteiger partial charge >= 0.3 is 5.97 Å². The second-order valence-electron chi connectivity index (χ2n) is 4.29. The zero-order valence-electron chi connectivity index (χ0n) is 10.1. The Morgan fingerprint density at radius 1 is 1.56 bits per heavy atom. The average molecular weight is 224 g/mol. The molecule has 16 heavy (non-hydrogen) atoms. The topological polar surface area (TPSA) is 43.4 Å². The van der Waals surface area contributed by atoms with E-state index in [0.717, 1.165) is 12.8 Å². The van der Waals surface area contributed by atoms with Crippen LogP contribution in [0.2, 0.25) is 0 Å². The Hall–Kier alpha value is -1.12. The molecule has 1 aliphatic carbocycles. The molecule has 0 aromatic heterocycles. The van der Waals surface area contributed by atoms with Crippen molar-refractivity contribution in [2.24, 2.45) is 11.8 Å². The van der Waals surface area contributed by atoms with E-state index in [1.165, 1.54) is 7.11 Å². The molecular weight excluding hydrogens is 204 g/mol. The molecule has 2 atom stereocenters. The first kappa shape index (κ1) is 12.9. The number of hydrogen-bond donors (Lipinski definition) is 0. The van der Waals surface area contributed by atoms with Crippen LogP contribution in [0.3, 0.4) is 0 Å². The monoisotopic (exact) mass is 224 g/mol. The van der Waals surface area contributed by atoms with Gasteiger partial charge in [-0.15, -0.1) is 0 Å². The van der Waals surface area contributed by atoms with Crippen molar-refractivity contribution in [3.63, 3.8) is 0 Å². The molecule has 0 aliphatic heterocycles. The summed E-state index contributed by atoms with van der Waals surface area (Å²) in [5.74, 6) is 0.138. The van der Waals surface area contributed by atoms with Gasteiger partial charge in [0.05, 0.1) is 13.0 Å². The maximum Gasteiger partial charge on any atom is 0.309 e. The number of carbonyl (C=O) groups excluding carboxylic acids is 2. The first-order valence-electron chi connectivity index (χ1n) is 5.93. The van der Waals surface area contributed by atoms with E-state index in [-0.39, 0.29) is 23.6 Å². The Bertz CT molecular complexity index is 281. The molecule has 0 saturated heterocycles. The lowest BCUT2D eigenvalue weighted by atomic mass is 9.88. The van der Waals surface area contributed by atoms with Crippen LogP contribution in [-0.2, 0) is 14.3 Å². The Balaban J connectivity index is 2.59. The van der Waals surface area contributed by atoms with Crippen LogP contribution in [0.15, 0.2) is 12.2 Å². The smallest absolute Gasteiger partial charge is 0.309 e. The summed E-state index contributed by atoms with van der Waals surface area (Å²) in [5, 5.41) is 0. The number of ether oxygens (including phenoxy) is 1. The van der Waals surface area contributed by atoms with Crippen LogP contribution in [-0.4, -0.2) is 18.9 Å². The van der Waals surface area contributed by atoms with Gasteiger partial charge in [0.15, 0.2) is 0 Å². The first-order chi connectivity index (χ1) is 7.69. The quantitative estimate of drug-likeness (QED) is 0.532. The Morgan fingerprint density at radius 2 is 2.31 bits per heavy atom. The maximum absolute atomic E-state index is 11.6. The van der Waals surface area contributed by atoms with Gasteiger partial charge in [-0.3, -0.25) is 9.59 Å².